The fourth-order valence-corrected chi connectivity index (χ4v) is 3.67. The molecule has 0 radical (unpaired) electrons. The van der Waals surface area contributed by atoms with E-state index in [1.807, 2.05) is 44.2 Å². The summed E-state index contributed by atoms with van der Waals surface area (Å²) in [6.45, 7) is 8.04. The smallest absolute Gasteiger partial charge is 0.182 e. The summed E-state index contributed by atoms with van der Waals surface area (Å²) in [5.74, 6) is 0.0253. The minimum absolute atomic E-state index is 0.0253. The van der Waals surface area contributed by atoms with Crippen molar-refractivity contribution in [2.75, 3.05) is 5.32 Å². The molecule has 0 saturated heterocycles. The Morgan fingerprint density at radius 2 is 1.59 bits per heavy atom. The Kier molecular flexibility index (Phi) is 4.91. The predicted molar refractivity (Wildman–Crippen MR) is 92.0 cm³/mol. The van der Waals surface area contributed by atoms with Crippen molar-refractivity contribution in [3.8, 4) is 0 Å². The van der Waals surface area contributed by atoms with Crippen LogP contribution in [0.1, 0.15) is 30.5 Å². The Bertz CT molecular complexity index is 747. The van der Waals surface area contributed by atoms with Crippen molar-refractivity contribution in [2.24, 2.45) is 0 Å². The standard InChI is InChI=1S/C18H23NO2S/c1-13(2)19-17-8-6-16(7-9-17)12-22(20,21)18-10-5-14(3)15(4)11-18/h5-11,13,19H,12H2,1-4H3. The maximum absolute atomic E-state index is 12.5. The highest BCUT2D eigenvalue weighted by Gasteiger charge is 2.16. The van der Waals surface area contributed by atoms with Crippen LogP contribution in [0.15, 0.2) is 47.4 Å². The Balaban J connectivity index is 2.19. The molecule has 0 aliphatic carbocycles. The Labute approximate surface area is 133 Å². The second-order valence-corrected chi connectivity index (χ2v) is 7.99. The van der Waals surface area contributed by atoms with Crippen LogP contribution in [0.2, 0.25) is 0 Å². The Morgan fingerprint density at radius 1 is 0.955 bits per heavy atom. The summed E-state index contributed by atoms with van der Waals surface area (Å²) >= 11 is 0. The van der Waals surface area contributed by atoms with E-state index in [9.17, 15) is 8.42 Å². The largest absolute Gasteiger partial charge is 0.383 e. The fourth-order valence-electron chi connectivity index (χ4n) is 2.24. The minimum Gasteiger partial charge on any atom is -0.383 e. The van der Waals surface area contributed by atoms with Gasteiger partial charge >= 0.3 is 0 Å². The molecule has 0 heterocycles. The zero-order chi connectivity index (χ0) is 16.3. The molecule has 3 nitrogen and oxygen atoms in total. The summed E-state index contributed by atoms with van der Waals surface area (Å²) in [5, 5.41) is 3.29. The van der Waals surface area contributed by atoms with Gasteiger partial charge in [0.25, 0.3) is 0 Å². The van der Waals surface area contributed by atoms with Crippen molar-refractivity contribution >= 4 is 15.5 Å². The molecule has 118 valence electrons. The minimum atomic E-state index is -3.31. The van der Waals surface area contributed by atoms with Crippen LogP contribution in [-0.4, -0.2) is 14.5 Å². The van der Waals surface area contributed by atoms with Gasteiger partial charge in [-0.15, -0.1) is 0 Å². The first-order valence-electron chi connectivity index (χ1n) is 7.43. The second kappa shape index (κ2) is 6.53. The summed E-state index contributed by atoms with van der Waals surface area (Å²) < 4.78 is 25.0. The molecule has 0 aromatic heterocycles. The maximum Gasteiger partial charge on any atom is 0.182 e. The number of sulfone groups is 1. The highest BCUT2D eigenvalue weighted by atomic mass is 32.2. The number of rotatable bonds is 5. The Hall–Kier alpha value is -1.81. The molecular weight excluding hydrogens is 294 g/mol. The SMILES string of the molecule is Cc1ccc(S(=O)(=O)Cc2ccc(NC(C)C)cc2)cc1C. The number of hydrogen-bond acceptors (Lipinski definition) is 3. The van der Waals surface area contributed by atoms with Gasteiger partial charge in [-0.2, -0.15) is 0 Å². The van der Waals surface area contributed by atoms with E-state index in [-0.39, 0.29) is 5.75 Å². The maximum atomic E-state index is 12.5. The van der Waals surface area contributed by atoms with Gasteiger partial charge in [0, 0.05) is 11.7 Å². The summed E-state index contributed by atoms with van der Waals surface area (Å²) in [4.78, 5) is 0.389. The van der Waals surface area contributed by atoms with Gasteiger partial charge in [-0.25, -0.2) is 8.42 Å². The molecule has 1 N–H and O–H groups in total. The van der Waals surface area contributed by atoms with E-state index in [4.69, 9.17) is 0 Å². The van der Waals surface area contributed by atoms with Crippen LogP contribution in [0.4, 0.5) is 5.69 Å². The van der Waals surface area contributed by atoms with E-state index in [0.717, 1.165) is 22.4 Å². The first-order valence-corrected chi connectivity index (χ1v) is 9.08. The third-order valence-electron chi connectivity index (χ3n) is 3.60. The quantitative estimate of drug-likeness (QED) is 0.903. The molecule has 0 amide bonds. The van der Waals surface area contributed by atoms with Crippen LogP contribution in [0.25, 0.3) is 0 Å². The van der Waals surface area contributed by atoms with E-state index >= 15 is 0 Å². The lowest BCUT2D eigenvalue weighted by Gasteiger charge is -2.11. The van der Waals surface area contributed by atoms with Crippen LogP contribution in [0, 0.1) is 13.8 Å². The number of benzene rings is 2. The molecule has 2 rings (SSSR count). The lowest BCUT2D eigenvalue weighted by atomic mass is 10.1. The van der Waals surface area contributed by atoms with Crippen molar-refractivity contribution in [1.82, 2.24) is 0 Å². The van der Waals surface area contributed by atoms with Gasteiger partial charge in [0.1, 0.15) is 0 Å². The number of hydrogen-bond donors (Lipinski definition) is 1. The third-order valence-corrected chi connectivity index (χ3v) is 5.29. The van der Waals surface area contributed by atoms with Crippen molar-refractivity contribution in [3.05, 3.63) is 59.2 Å². The van der Waals surface area contributed by atoms with Gasteiger partial charge in [0.15, 0.2) is 9.84 Å². The number of anilines is 1. The zero-order valence-corrected chi connectivity index (χ0v) is 14.4. The van der Waals surface area contributed by atoms with E-state index < -0.39 is 9.84 Å². The third kappa shape index (κ3) is 4.10. The van der Waals surface area contributed by atoms with Crippen LogP contribution in [-0.2, 0) is 15.6 Å². The van der Waals surface area contributed by atoms with E-state index in [0.29, 0.717) is 10.9 Å². The average molecular weight is 317 g/mol. The lowest BCUT2D eigenvalue weighted by molar-refractivity contribution is 0.595. The van der Waals surface area contributed by atoms with Gasteiger partial charge in [-0.05, 0) is 68.7 Å². The molecular formula is C18H23NO2S. The van der Waals surface area contributed by atoms with Crippen LogP contribution < -0.4 is 5.32 Å². The molecule has 2 aromatic rings. The van der Waals surface area contributed by atoms with Gasteiger partial charge in [0.05, 0.1) is 10.6 Å². The average Bonchev–Trinajstić information content (AvgIpc) is 2.43. The second-order valence-electron chi connectivity index (χ2n) is 6.00. The molecule has 0 aliphatic rings. The molecule has 4 heteroatoms. The highest BCUT2D eigenvalue weighted by Crippen LogP contribution is 2.20. The van der Waals surface area contributed by atoms with Crippen molar-refractivity contribution in [3.63, 3.8) is 0 Å². The summed E-state index contributed by atoms with van der Waals surface area (Å²) in [6.07, 6.45) is 0. The normalized spacial score (nSPS) is 11.7. The Morgan fingerprint density at radius 3 is 2.14 bits per heavy atom. The summed E-state index contributed by atoms with van der Waals surface area (Å²) in [5.41, 5.74) is 3.90. The first-order chi connectivity index (χ1) is 10.3. The number of aryl methyl sites for hydroxylation is 2. The van der Waals surface area contributed by atoms with Crippen LogP contribution >= 0.6 is 0 Å². The topological polar surface area (TPSA) is 46.2 Å². The monoisotopic (exact) mass is 317 g/mol. The van der Waals surface area contributed by atoms with Gasteiger partial charge in [0.2, 0.25) is 0 Å². The van der Waals surface area contributed by atoms with Crippen molar-refractivity contribution in [1.29, 1.82) is 0 Å². The molecule has 2 aromatic carbocycles. The van der Waals surface area contributed by atoms with Crippen molar-refractivity contribution < 1.29 is 8.42 Å². The van der Waals surface area contributed by atoms with E-state index in [1.54, 1.807) is 12.1 Å². The zero-order valence-electron chi connectivity index (χ0n) is 13.6. The van der Waals surface area contributed by atoms with Crippen LogP contribution in [0.3, 0.4) is 0 Å². The van der Waals surface area contributed by atoms with Gasteiger partial charge < -0.3 is 5.32 Å². The van der Waals surface area contributed by atoms with Crippen molar-refractivity contribution in [2.45, 2.75) is 44.4 Å². The van der Waals surface area contributed by atoms with Crippen LogP contribution in [0.5, 0.6) is 0 Å². The summed E-state index contributed by atoms with van der Waals surface area (Å²) in [6, 6.07) is 13.2. The lowest BCUT2D eigenvalue weighted by Crippen LogP contribution is -2.10. The molecule has 22 heavy (non-hydrogen) atoms. The fraction of sp³-hybridized carbons (Fsp3) is 0.333. The molecule has 0 saturated carbocycles. The molecule has 0 atom stereocenters. The number of nitrogens with one attached hydrogen (secondary N) is 1. The molecule has 0 fully saturated rings. The first kappa shape index (κ1) is 16.6. The van der Waals surface area contributed by atoms with Gasteiger partial charge in [-0.1, -0.05) is 18.2 Å². The molecule has 0 unspecified atom stereocenters. The van der Waals surface area contributed by atoms with E-state index in [2.05, 4.69) is 19.2 Å². The predicted octanol–water partition coefficient (Wildman–Crippen LogP) is 4.10. The van der Waals surface area contributed by atoms with Gasteiger partial charge in [-0.3, -0.25) is 0 Å². The van der Waals surface area contributed by atoms with E-state index in [1.165, 1.54) is 0 Å². The highest BCUT2D eigenvalue weighted by molar-refractivity contribution is 7.90. The molecule has 0 aliphatic heterocycles. The molecule has 0 bridgehead atoms. The summed E-state index contributed by atoms with van der Waals surface area (Å²) in [7, 11) is -3.31. The molecule has 0 spiro atoms.